The van der Waals surface area contributed by atoms with E-state index in [1.54, 1.807) is 43.3 Å². The van der Waals surface area contributed by atoms with Crippen molar-refractivity contribution in [1.82, 2.24) is 4.90 Å². The van der Waals surface area contributed by atoms with Gasteiger partial charge in [-0.1, -0.05) is 48.3 Å². The largest absolute Gasteiger partial charge is 0.497 e. The quantitative estimate of drug-likeness (QED) is 0.0519. The summed E-state index contributed by atoms with van der Waals surface area (Å²) in [7, 11) is 3.38. The van der Waals surface area contributed by atoms with Crippen molar-refractivity contribution >= 4 is 17.3 Å². The molecule has 2 N–H and O–H groups in total. The third-order valence-corrected chi connectivity index (χ3v) is 11.7. The summed E-state index contributed by atoms with van der Waals surface area (Å²) in [4.78, 5) is 33.6. The van der Waals surface area contributed by atoms with Crippen molar-refractivity contribution < 1.29 is 43.7 Å². The number of oxime groups is 1. The van der Waals surface area contributed by atoms with Gasteiger partial charge in [-0.05, 0) is 106 Å². The molecule has 6 unspecified atom stereocenters. The number of aliphatic hydroxyl groups excluding tert-OH is 2. The zero-order valence-electron chi connectivity index (χ0n) is 35.4. The number of ether oxygens (including phenoxy) is 4. The Labute approximate surface area is 352 Å². The van der Waals surface area contributed by atoms with Crippen LogP contribution in [0.1, 0.15) is 82.8 Å². The molecule has 3 aromatic carbocycles. The second kappa shape index (κ2) is 19.4. The molecular weight excluding hydrogens is 767 g/mol. The number of likely N-dealkylation sites (N-methyl/N-ethyl adjacent to an activating group) is 1. The van der Waals surface area contributed by atoms with Crippen LogP contribution in [0.4, 0.5) is 5.69 Å². The van der Waals surface area contributed by atoms with E-state index in [2.05, 4.69) is 12.7 Å². The molecule has 13 heteroatoms. The summed E-state index contributed by atoms with van der Waals surface area (Å²) in [5.41, 5.74) is 2.58. The molecule has 6 rings (SSSR count). The summed E-state index contributed by atoms with van der Waals surface area (Å²) in [5.74, 6) is -0.269. The predicted octanol–water partition coefficient (Wildman–Crippen LogP) is 8.53. The van der Waals surface area contributed by atoms with Crippen molar-refractivity contribution in [2.45, 2.75) is 95.5 Å². The highest BCUT2D eigenvalue weighted by atomic mass is 16.7. The van der Waals surface area contributed by atoms with Gasteiger partial charge in [0.25, 0.3) is 5.69 Å². The minimum atomic E-state index is -1.41. The van der Waals surface area contributed by atoms with Gasteiger partial charge in [-0.25, -0.2) is 0 Å². The Kier molecular flexibility index (Phi) is 14.4. The Balaban J connectivity index is 1.56. The van der Waals surface area contributed by atoms with Crippen LogP contribution in [0.3, 0.4) is 0 Å². The van der Waals surface area contributed by atoms with E-state index in [1.807, 2.05) is 57.2 Å². The second-order valence-electron chi connectivity index (χ2n) is 16.9. The first-order valence-electron chi connectivity index (χ1n) is 20.9. The molecule has 2 aliphatic carbocycles. The average Bonchev–Trinajstić information content (AvgIpc) is 3.23. The number of nitrogens with zero attached hydrogens (tertiary/aromatic N) is 3. The number of amides is 1. The van der Waals surface area contributed by atoms with Gasteiger partial charge in [0.1, 0.15) is 34.6 Å². The SMILES string of the molecule is C=CCOC12Oc3ccc(Oc4cccc([N+](=O)[O-])c4)cc3C3C(CCCCO)C(CCCCO)C=C(C(=NOC(C)(C)C)CC1N(C)C(=O)Cc1cccc(OC)c1)C32. The lowest BCUT2D eigenvalue weighted by Crippen LogP contribution is -2.69. The minimum Gasteiger partial charge on any atom is -0.497 e. The first-order chi connectivity index (χ1) is 28.8. The van der Waals surface area contributed by atoms with Crippen LogP contribution in [0.15, 0.2) is 96.2 Å². The van der Waals surface area contributed by atoms with Gasteiger partial charge in [-0.15, -0.1) is 6.58 Å². The van der Waals surface area contributed by atoms with Crippen molar-refractivity contribution in [2.24, 2.45) is 22.9 Å². The molecule has 1 heterocycles. The van der Waals surface area contributed by atoms with Gasteiger partial charge in [0, 0.05) is 44.2 Å². The Bertz CT molecular complexity index is 2060. The fourth-order valence-electron chi connectivity index (χ4n) is 9.04. The van der Waals surface area contributed by atoms with E-state index < -0.39 is 28.3 Å². The number of methoxy groups -OCH3 is 1. The van der Waals surface area contributed by atoms with Crippen LogP contribution in [0.25, 0.3) is 0 Å². The van der Waals surface area contributed by atoms with Crippen LogP contribution >= 0.6 is 0 Å². The first-order valence-corrected chi connectivity index (χ1v) is 20.9. The smallest absolute Gasteiger partial charge is 0.273 e. The molecule has 3 aliphatic rings. The molecule has 0 saturated heterocycles. The fraction of sp³-hybridized carbons (Fsp3) is 0.489. The number of nitro groups is 1. The van der Waals surface area contributed by atoms with Gasteiger partial charge >= 0.3 is 0 Å². The van der Waals surface area contributed by atoms with Crippen molar-refractivity contribution in [3.05, 3.63) is 112 Å². The Morgan fingerprint density at radius 2 is 1.73 bits per heavy atom. The van der Waals surface area contributed by atoms with Crippen LogP contribution in [-0.4, -0.2) is 83.1 Å². The molecule has 0 bridgehead atoms. The number of hydrogen-bond acceptors (Lipinski definition) is 11. The van der Waals surface area contributed by atoms with Crippen LogP contribution in [0.2, 0.25) is 0 Å². The lowest BCUT2D eigenvalue weighted by atomic mass is 9.55. The van der Waals surface area contributed by atoms with Gasteiger partial charge in [-0.3, -0.25) is 14.9 Å². The molecule has 60 heavy (non-hydrogen) atoms. The normalized spacial score (nSPS) is 23.7. The summed E-state index contributed by atoms with van der Waals surface area (Å²) in [6, 6.07) is 18.4. The number of aliphatic hydroxyl groups is 2. The van der Waals surface area contributed by atoms with Crippen LogP contribution < -0.4 is 14.2 Å². The van der Waals surface area contributed by atoms with Gasteiger partial charge in [-0.2, -0.15) is 0 Å². The van der Waals surface area contributed by atoms with Crippen molar-refractivity contribution in [3.8, 4) is 23.0 Å². The molecule has 6 atom stereocenters. The summed E-state index contributed by atoms with van der Waals surface area (Å²) in [6.45, 7) is 10.1. The highest BCUT2D eigenvalue weighted by molar-refractivity contribution is 6.03. The van der Waals surface area contributed by atoms with E-state index >= 15 is 0 Å². The maximum atomic E-state index is 14.5. The number of carbonyl (C=O) groups excluding carboxylic acids is 1. The van der Waals surface area contributed by atoms with Gasteiger partial charge in [0.2, 0.25) is 11.7 Å². The maximum Gasteiger partial charge on any atom is 0.273 e. The molecule has 1 fully saturated rings. The topological polar surface area (TPSA) is 162 Å². The van der Waals surface area contributed by atoms with Crippen molar-refractivity contribution in [1.29, 1.82) is 0 Å². The fourth-order valence-corrected chi connectivity index (χ4v) is 9.04. The molecule has 0 radical (unpaired) electrons. The Morgan fingerprint density at radius 3 is 2.43 bits per heavy atom. The Hall–Kier alpha value is -5.24. The maximum absolute atomic E-state index is 14.5. The summed E-state index contributed by atoms with van der Waals surface area (Å²) in [6.07, 6.45) is 8.76. The average molecular weight is 826 g/mol. The number of nitro benzene ring substituents is 1. The number of carbonyl (C=O) groups is 1. The highest BCUT2D eigenvalue weighted by Gasteiger charge is 2.65. The van der Waals surface area contributed by atoms with Crippen molar-refractivity contribution in [3.63, 3.8) is 0 Å². The second-order valence-corrected chi connectivity index (χ2v) is 16.9. The van der Waals surface area contributed by atoms with Crippen molar-refractivity contribution in [2.75, 3.05) is 34.0 Å². The van der Waals surface area contributed by atoms with Crippen LogP contribution in [-0.2, 0) is 20.8 Å². The molecule has 1 amide bonds. The van der Waals surface area contributed by atoms with E-state index in [9.17, 15) is 25.1 Å². The molecule has 0 spiro atoms. The standard InChI is InChI=1S/C47H59N3O10/c1-7-24-57-47-42(49(5)43(53)26-31-14-12-17-34(25-31)56-6)30-40(48-60-46(2,3)4)38-27-32(15-8-10-22-51)37(19-9-11-23-52)44(45(38)47)39-29-36(20-21-41(39)59-47)58-35-18-13-16-33(28-35)50(54)55/h7,12-14,16-18,20-21,25,27-29,32,37,42,44-45,51-52H,1,8-11,15,19,22-24,26,30H2,2-6H3. The number of allylic oxidation sites excluding steroid dienone is 1. The third-order valence-electron chi connectivity index (χ3n) is 11.7. The molecule has 1 saturated carbocycles. The van der Waals surface area contributed by atoms with E-state index in [0.29, 0.717) is 41.6 Å². The lowest BCUT2D eigenvalue weighted by Gasteiger charge is -2.59. The van der Waals surface area contributed by atoms with Gasteiger partial charge < -0.3 is 38.9 Å². The molecule has 322 valence electrons. The zero-order chi connectivity index (χ0) is 43.0. The highest BCUT2D eigenvalue weighted by Crippen LogP contribution is 2.62. The minimum absolute atomic E-state index is 0.00716. The number of unbranched alkanes of at least 4 members (excludes halogenated alkanes) is 2. The monoisotopic (exact) mass is 825 g/mol. The lowest BCUT2D eigenvalue weighted by molar-refractivity contribution is -0.384. The number of hydrogen-bond donors (Lipinski definition) is 2. The number of non-ortho nitro benzene ring substituents is 1. The number of benzene rings is 3. The van der Waals surface area contributed by atoms with Crippen LogP contribution in [0.5, 0.6) is 23.0 Å². The number of fused-ring (bicyclic) bond motifs is 2. The summed E-state index contributed by atoms with van der Waals surface area (Å²) < 4.78 is 26.0. The third kappa shape index (κ3) is 9.86. The molecule has 13 nitrogen and oxygen atoms in total. The van der Waals surface area contributed by atoms with Gasteiger partial charge in [0.05, 0.1) is 42.8 Å². The summed E-state index contributed by atoms with van der Waals surface area (Å²) >= 11 is 0. The molecule has 3 aromatic rings. The van der Waals surface area contributed by atoms with E-state index in [1.165, 1.54) is 12.1 Å². The molecule has 1 aliphatic heterocycles. The zero-order valence-corrected chi connectivity index (χ0v) is 35.4. The molecule has 0 aromatic heterocycles. The summed E-state index contributed by atoms with van der Waals surface area (Å²) in [5, 5.41) is 36.3. The van der Waals surface area contributed by atoms with Crippen LogP contribution in [0, 0.1) is 27.9 Å². The van der Waals surface area contributed by atoms with E-state index in [4.69, 9.17) is 28.9 Å². The molecular formula is C47H59N3O10. The first kappa shape index (κ1) is 44.3. The predicted molar refractivity (Wildman–Crippen MR) is 228 cm³/mol. The van der Waals surface area contributed by atoms with E-state index in [0.717, 1.165) is 42.4 Å². The van der Waals surface area contributed by atoms with E-state index in [-0.39, 0.29) is 62.0 Å². The number of rotatable bonds is 19. The van der Waals surface area contributed by atoms with Gasteiger partial charge in [0.15, 0.2) is 0 Å². The Morgan fingerprint density at radius 1 is 1.02 bits per heavy atom.